The van der Waals surface area contributed by atoms with E-state index in [0.29, 0.717) is 6.54 Å². The van der Waals surface area contributed by atoms with Gasteiger partial charge in [0.1, 0.15) is 0 Å². The van der Waals surface area contributed by atoms with Gasteiger partial charge in [0.2, 0.25) is 0 Å². The van der Waals surface area contributed by atoms with Crippen LogP contribution in [0, 0.1) is 0 Å². The molecule has 92 valence electrons. The fraction of sp³-hybridized carbons (Fsp3) is 0.0625. The number of fused-ring (bicyclic) bond motifs is 1. The van der Waals surface area contributed by atoms with Gasteiger partial charge in [0.05, 0.1) is 11.9 Å². The van der Waals surface area contributed by atoms with Gasteiger partial charge >= 0.3 is 0 Å². The number of nitrogens with zero attached hydrogens (tertiary/aromatic N) is 2. The van der Waals surface area contributed by atoms with Crippen molar-refractivity contribution in [3.63, 3.8) is 0 Å². The molecule has 0 atom stereocenters. The monoisotopic (exact) mass is 264 g/mol. The molecule has 1 aromatic rings. The summed E-state index contributed by atoms with van der Waals surface area (Å²) in [6, 6.07) is 1.93. The van der Waals surface area contributed by atoms with Crippen molar-refractivity contribution >= 4 is 17.8 Å². The Morgan fingerprint density at radius 1 is 1.37 bits per heavy atom. The summed E-state index contributed by atoms with van der Waals surface area (Å²) in [5.74, 6) is 0. The van der Waals surface area contributed by atoms with Crippen LogP contribution in [0.2, 0.25) is 0 Å². The van der Waals surface area contributed by atoms with Crippen LogP contribution in [0.25, 0.3) is 6.08 Å². The Morgan fingerprint density at radius 3 is 3.26 bits per heavy atom. The van der Waals surface area contributed by atoms with Crippen molar-refractivity contribution in [3.8, 4) is 0 Å². The molecule has 0 aromatic carbocycles. The molecule has 0 saturated carbocycles. The molecule has 2 heterocycles. The first-order chi connectivity index (χ1) is 9.33. The molecular formula is C16H12N2S. The molecule has 1 aliphatic heterocycles. The fourth-order valence-electron chi connectivity index (χ4n) is 1.91. The molecular weight excluding hydrogens is 252 g/mol. The lowest BCUT2D eigenvalue weighted by atomic mass is 10.2. The zero-order valence-electron chi connectivity index (χ0n) is 10.3. The van der Waals surface area contributed by atoms with Gasteiger partial charge in [-0.1, -0.05) is 30.5 Å². The SMILES string of the molecule is C=C1/C=c2/cncc/c2=N/CC2=C(C=C=CC=C2)S1. The Labute approximate surface area is 116 Å². The number of hydrogen-bond donors (Lipinski definition) is 0. The Balaban J connectivity index is 2.18. The number of thioether (sulfide) groups is 1. The molecule has 0 saturated heterocycles. The van der Waals surface area contributed by atoms with E-state index in [4.69, 9.17) is 0 Å². The first kappa shape index (κ1) is 12.0. The van der Waals surface area contributed by atoms with Crippen LogP contribution in [0.3, 0.4) is 0 Å². The molecule has 0 radical (unpaired) electrons. The van der Waals surface area contributed by atoms with Crippen LogP contribution in [-0.2, 0) is 0 Å². The molecule has 3 heteroatoms. The molecule has 3 rings (SSSR count). The van der Waals surface area contributed by atoms with Crippen molar-refractivity contribution in [1.82, 2.24) is 4.98 Å². The second-order valence-corrected chi connectivity index (χ2v) is 5.36. The molecule has 0 fully saturated rings. The average Bonchev–Trinajstić information content (AvgIpc) is 2.59. The Hall–Kier alpha value is -2.09. The molecule has 1 aliphatic carbocycles. The zero-order valence-corrected chi connectivity index (χ0v) is 11.2. The standard InChI is InChI=1S/C16H12N2S/c1-12-9-14-10-17-8-7-15(14)18-11-13-5-3-2-4-6-16(13)19-12/h2-3,5-10H,1,11H2/b14-9-,18-15-. The van der Waals surface area contributed by atoms with Crippen LogP contribution in [-0.4, -0.2) is 11.5 Å². The number of rotatable bonds is 0. The maximum absolute atomic E-state index is 4.67. The molecule has 0 N–H and O–H groups in total. The summed E-state index contributed by atoms with van der Waals surface area (Å²) in [7, 11) is 0. The number of pyridine rings is 1. The largest absolute Gasteiger partial charge is 0.280 e. The van der Waals surface area contributed by atoms with Gasteiger partial charge in [0.15, 0.2) is 0 Å². The molecule has 0 spiro atoms. The Morgan fingerprint density at radius 2 is 2.32 bits per heavy atom. The summed E-state index contributed by atoms with van der Waals surface area (Å²) in [5.41, 5.74) is 4.32. The second kappa shape index (κ2) is 5.27. The van der Waals surface area contributed by atoms with Gasteiger partial charge in [-0.15, -0.1) is 5.73 Å². The van der Waals surface area contributed by atoms with E-state index < -0.39 is 0 Å². The van der Waals surface area contributed by atoms with Crippen LogP contribution < -0.4 is 10.6 Å². The van der Waals surface area contributed by atoms with Crippen molar-refractivity contribution in [2.75, 3.05) is 6.54 Å². The van der Waals surface area contributed by atoms with E-state index in [1.54, 1.807) is 18.0 Å². The van der Waals surface area contributed by atoms with Crippen molar-refractivity contribution in [1.29, 1.82) is 0 Å². The summed E-state index contributed by atoms with van der Waals surface area (Å²) >= 11 is 1.65. The van der Waals surface area contributed by atoms with Crippen molar-refractivity contribution in [2.45, 2.75) is 0 Å². The Kier molecular flexibility index (Phi) is 3.32. The first-order valence-corrected chi connectivity index (χ1v) is 6.80. The van der Waals surface area contributed by atoms with Crippen molar-refractivity contribution < 1.29 is 0 Å². The van der Waals surface area contributed by atoms with Gasteiger partial charge in [-0.2, -0.15) is 0 Å². The highest BCUT2D eigenvalue weighted by atomic mass is 32.2. The summed E-state index contributed by atoms with van der Waals surface area (Å²) < 4.78 is 0. The number of allylic oxidation sites excluding steroid dienone is 3. The molecule has 1 aromatic heterocycles. The maximum atomic E-state index is 4.67. The highest BCUT2D eigenvalue weighted by molar-refractivity contribution is 8.07. The lowest BCUT2D eigenvalue weighted by Crippen LogP contribution is -2.25. The van der Waals surface area contributed by atoms with Crippen LogP contribution in [0.4, 0.5) is 0 Å². The Bertz CT molecular complexity index is 775. The van der Waals surface area contributed by atoms with Crippen LogP contribution in [0.1, 0.15) is 0 Å². The minimum Gasteiger partial charge on any atom is -0.280 e. The fourth-order valence-corrected chi connectivity index (χ4v) is 2.77. The first-order valence-electron chi connectivity index (χ1n) is 5.98. The van der Waals surface area contributed by atoms with Gasteiger partial charge in [-0.05, 0) is 29.9 Å². The maximum Gasteiger partial charge on any atom is 0.0681 e. The third-order valence-electron chi connectivity index (χ3n) is 2.83. The molecule has 0 amide bonds. The molecule has 0 bridgehead atoms. The van der Waals surface area contributed by atoms with E-state index in [9.17, 15) is 0 Å². The third kappa shape index (κ3) is 2.68. The minimum atomic E-state index is 0.656. The van der Waals surface area contributed by atoms with E-state index in [1.807, 2.05) is 36.6 Å². The normalized spacial score (nSPS) is 20.9. The summed E-state index contributed by atoms with van der Waals surface area (Å²) in [6.07, 6.45) is 13.6. The predicted molar refractivity (Wildman–Crippen MR) is 79.9 cm³/mol. The lowest BCUT2D eigenvalue weighted by Gasteiger charge is -2.04. The van der Waals surface area contributed by atoms with Crippen LogP contribution in [0.5, 0.6) is 0 Å². The topological polar surface area (TPSA) is 25.2 Å². The zero-order chi connectivity index (χ0) is 13.1. The lowest BCUT2D eigenvalue weighted by molar-refractivity contribution is 1.08. The van der Waals surface area contributed by atoms with Crippen molar-refractivity contribution in [3.05, 3.63) is 81.0 Å². The van der Waals surface area contributed by atoms with Gasteiger partial charge in [-0.3, -0.25) is 9.98 Å². The van der Waals surface area contributed by atoms with Gasteiger partial charge in [0.25, 0.3) is 0 Å². The van der Waals surface area contributed by atoms with Crippen molar-refractivity contribution in [2.24, 2.45) is 4.99 Å². The average molecular weight is 264 g/mol. The quantitative estimate of drug-likeness (QED) is 0.672. The van der Waals surface area contributed by atoms with E-state index in [0.717, 1.165) is 20.4 Å². The summed E-state index contributed by atoms with van der Waals surface area (Å²) in [4.78, 5) is 10.9. The van der Waals surface area contributed by atoms with Crippen LogP contribution in [0.15, 0.2) is 75.5 Å². The van der Waals surface area contributed by atoms with Gasteiger partial charge < -0.3 is 0 Å². The van der Waals surface area contributed by atoms with E-state index >= 15 is 0 Å². The predicted octanol–water partition coefficient (Wildman–Crippen LogP) is 2.28. The molecule has 2 aliphatic rings. The van der Waals surface area contributed by atoms with Gasteiger partial charge in [-0.25, -0.2) is 0 Å². The van der Waals surface area contributed by atoms with E-state index in [-0.39, 0.29) is 0 Å². The van der Waals surface area contributed by atoms with E-state index in [2.05, 4.69) is 28.4 Å². The number of aromatic nitrogens is 1. The molecule has 2 nitrogen and oxygen atoms in total. The van der Waals surface area contributed by atoms with E-state index in [1.165, 1.54) is 5.57 Å². The smallest absolute Gasteiger partial charge is 0.0681 e. The second-order valence-electron chi connectivity index (χ2n) is 4.19. The molecule has 19 heavy (non-hydrogen) atoms. The highest BCUT2D eigenvalue weighted by Crippen LogP contribution is 2.30. The summed E-state index contributed by atoms with van der Waals surface area (Å²) in [5, 5.41) is 1.97. The minimum absolute atomic E-state index is 0.656. The molecule has 0 unspecified atom stereocenters. The highest BCUT2D eigenvalue weighted by Gasteiger charge is 2.06. The third-order valence-corrected chi connectivity index (χ3v) is 3.81. The van der Waals surface area contributed by atoms with Crippen LogP contribution >= 0.6 is 11.8 Å². The summed E-state index contributed by atoms with van der Waals surface area (Å²) in [6.45, 7) is 4.76. The van der Waals surface area contributed by atoms with Gasteiger partial charge in [0, 0.05) is 27.4 Å². The number of hydrogen-bond acceptors (Lipinski definition) is 3.